The second-order valence-corrected chi connectivity index (χ2v) is 8.31. The van der Waals surface area contributed by atoms with Crippen molar-refractivity contribution < 1.29 is 0 Å². The lowest BCUT2D eigenvalue weighted by Gasteiger charge is -2.37. The molecular weight excluding hydrogens is 312 g/mol. The van der Waals surface area contributed by atoms with E-state index >= 15 is 0 Å². The number of nitrogens with zero attached hydrogens (tertiary/aromatic N) is 3. The molecule has 2 aromatic heterocycles. The summed E-state index contributed by atoms with van der Waals surface area (Å²) in [6, 6.07) is 4.38. The average molecular weight is 335 g/mol. The Morgan fingerprint density at radius 2 is 2.14 bits per heavy atom. The molecule has 1 atom stereocenters. The van der Waals surface area contributed by atoms with E-state index in [9.17, 15) is 0 Å². The molecule has 0 spiro atoms. The Kier molecular flexibility index (Phi) is 4.07. The van der Waals surface area contributed by atoms with E-state index in [1.807, 2.05) is 11.3 Å². The van der Waals surface area contributed by atoms with Gasteiger partial charge >= 0.3 is 0 Å². The number of nitrogens with two attached hydrogens (primary N) is 1. The summed E-state index contributed by atoms with van der Waals surface area (Å²) in [7, 11) is 0. The van der Waals surface area contributed by atoms with E-state index in [1.165, 1.54) is 48.0 Å². The minimum Gasteiger partial charge on any atom is -0.375 e. The summed E-state index contributed by atoms with van der Waals surface area (Å²) in [5.41, 5.74) is 7.11. The largest absolute Gasteiger partial charge is 0.375 e. The van der Waals surface area contributed by atoms with Gasteiger partial charge < -0.3 is 10.6 Å². The highest BCUT2D eigenvalue weighted by Crippen LogP contribution is 2.31. The maximum Gasteiger partial charge on any atom is 0.180 e. The highest BCUT2D eigenvalue weighted by atomic mass is 32.1. The molecule has 1 aliphatic heterocycles. The highest BCUT2D eigenvalue weighted by molar-refractivity contribution is 7.15. The molecule has 0 saturated carbocycles. The molecule has 0 aromatic carbocycles. The van der Waals surface area contributed by atoms with E-state index < -0.39 is 0 Å². The first-order valence-electron chi connectivity index (χ1n) is 8.03. The van der Waals surface area contributed by atoms with Crippen LogP contribution in [0.15, 0.2) is 17.5 Å². The lowest BCUT2D eigenvalue weighted by Crippen LogP contribution is -2.48. The Hall–Kier alpha value is -1.11. The number of aryl methyl sites for hydroxylation is 1. The molecule has 22 heavy (non-hydrogen) atoms. The minimum atomic E-state index is 0.746. The summed E-state index contributed by atoms with van der Waals surface area (Å²) in [6.45, 7) is 5.92. The Morgan fingerprint density at radius 3 is 2.91 bits per heavy atom. The van der Waals surface area contributed by atoms with E-state index in [-0.39, 0.29) is 0 Å². The number of aromatic nitrogens is 1. The van der Waals surface area contributed by atoms with Crippen LogP contribution in [0.4, 0.5) is 10.1 Å². The first-order chi connectivity index (χ1) is 10.8. The van der Waals surface area contributed by atoms with Crippen LogP contribution >= 0.6 is 22.7 Å². The molecule has 1 unspecified atom stereocenters. The maximum atomic E-state index is 5.84. The van der Waals surface area contributed by atoms with Crippen molar-refractivity contribution in [3.8, 4) is 0 Å². The molecule has 1 fully saturated rings. The van der Waals surface area contributed by atoms with Crippen molar-refractivity contribution in [2.45, 2.75) is 19.3 Å². The van der Waals surface area contributed by atoms with Crippen molar-refractivity contribution >= 4 is 32.8 Å². The van der Waals surface area contributed by atoms with Crippen molar-refractivity contribution in [1.29, 1.82) is 0 Å². The number of anilines is 2. The van der Waals surface area contributed by atoms with Gasteiger partial charge in [0.2, 0.25) is 0 Å². The number of thiophene rings is 1. The van der Waals surface area contributed by atoms with Crippen LogP contribution in [0.1, 0.15) is 17.0 Å². The molecule has 1 aliphatic carbocycles. The van der Waals surface area contributed by atoms with Gasteiger partial charge in [0.25, 0.3) is 0 Å². The molecule has 2 N–H and O–H groups in total. The molecule has 118 valence electrons. The Labute approximate surface area is 139 Å². The Morgan fingerprint density at radius 1 is 1.27 bits per heavy atom. The first kappa shape index (κ1) is 14.5. The van der Waals surface area contributed by atoms with Crippen molar-refractivity contribution in [1.82, 2.24) is 9.88 Å². The molecule has 2 aromatic rings. The van der Waals surface area contributed by atoms with E-state index in [1.54, 1.807) is 11.3 Å². The van der Waals surface area contributed by atoms with Crippen LogP contribution < -0.4 is 10.6 Å². The molecule has 4 nitrogen and oxygen atoms in total. The Bertz CT molecular complexity index is 614. The number of thiazole rings is 1. The first-order valence-corrected chi connectivity index (χ1v) is 9.72. The van der Waals surface area contributed by atoms with Crippen LogP contribution in [-0.4, -0.2) is 42.6 Å². The third-order valence-electron chi connectivity index (χ3n) is 4.76. The number of rotatable bonds is 3. The highest BCUT2D eigenvalue weighted by Gasteiger charge is 2.25. The van der Waals surface area contributed by atoms with Gasteiger partial charge in [-0.25, -0.2) is 4.98 Å². The molecule has 1 saturated heterocycles. The summed E-state index contributed by atoms with van der Waals surface area (Å²) < 4.78 is 0. The third kappa shape index (κ3) is 3.00. The summed E-state index contributed by atoms with van der Waals surface area (Å²) in [5.74, 6) is 0.778. The quantitative estimate of drug-likeness (QED) is 0.937. The van der Waals surface area contributed by atoms with Crippen LogP contribution in [0.5, 0.6) is 0 Å². The Balaban J connectivity index is 1.30. The molecular formula is C16H22N4S2. The molecule has 4 rings (SSSR count). The van der Waals surface area contributed by atoms with Gasteiger partial charge in [0.05, 0.1) is 10.7 Å². The van der Waals surface area contributed by atoms with Gasteiger partial charge in [-0.3, -0.25) is 4.90 Å². The van der Waals surface area contributed by atoms with Gasteiger partial charge in [0.15, 0.2) is 5.13 Å². The fourth-order valence-corrected chi connectivity index (χ4v) is 5.36. The molecule has 0 radical (unpaired) electrons. The van der Waals surface area contributed by atoms with Gasteiger partial charge in [-0.05, 0) is 42.7 Å². The standard InChI is InChI=1S/C16H22N4S2/c17-16-18-13-4-3-12(10-14(13)22-16)11-19-5-7-20(8-6-19)15-2-1-9-21-15/h1-2,9,12H,3-8,10-11H2,(H2,17,18). The van der Waals surface area contributed by atoms with E-state index in [4.69, 9.17) is 5.73 Å². The van der Waals surface area contributed by atoms with Crippen LogP contribution in [0.3, 0.4) is 0 Å². The number of nitrogen functional groups attached to an aromatic ring is 1. The SMILES string of the molecule is Nc1nc2c(s1)CC(CN1CCN(c3cccs3)CC1)CC2. The predicted octanol–water partition coefficient (Wildman–Crippen LogP) is 2.71. The number of fused-ring (bicyclic) bond motifs is 1. The van der Waals surface area contributed by atoms with Gasteiger partial charge in [-0.2, -0.15) is 0 Å². The minimum absolute atomic E-state index is 0.746. The summed E-state index contributed by atoms with van der Waals surface area (Å²) >= 11 is 3.55. The van der Waals surface area contributed by atoms with Crippen molar-refractivity contribution in [2.24, 2.45) is 5.92 Å². The lowest BCUT2D eigenvalue weighted by atomic mass is 9.90. The maximum absolute atomic E-state index is 5.84. The van der Waals surface area contributed by atoms with Crippen molar-refractivity contribution in [3.63, 3.8) is 0 Å². The van der Waals surface area contributed by atoms with Crippen molar-refractivity contribution in [2.75, 3.05) is 43.4 Å². The zero-order valence-electron chi connectivity index (χ0n) is 12.7. The van der Waals surface area contributed by atoms with Crippen LogP contribution in [0.25, 0.3) is 0 Å². The number of piperazine rings is 1. The average Bonchev–Trinajstić information content (AvgIpc) is 3.16. The normalized spacial score (nSPS) is 22.7. The molecule has 3 heterocycles. The van der Waals surface area contributed by atoms with Gasteiger partial charge in [-0.15, -0.1) is 22.7 Å². The number of hydrogen-bond acceptors (Lipinski definition) is 6. The van der Waals surface area contributed by atoms with Crippen molar-refractivity contribution in [3.05, 3.63) is 28.1 Å². The third-order valence-corrected chi connectivity index (χ3v) is 6.64. The molecule has 2 aliphatic rings. The van der Waals surface area contributed by atoms with E-state index in [0.29, 0.717) is 0 Å². The van der Waals surface area contributed by atoms with Crippen LogP contribution in [0.2, 0.25) is 0 Å². The van der Waals surface area contributed by atoms with Crippen LogP contribution in [-0.2, 0) is 12.8 Å². The zero-order valence-corrected chi connectivity index (χ0v) is 14.3. The molecule has 6 heteroatoms. The van der Waals surface area contributed by atoms with E-state index in [0.717, 1.165) is 30.6 Å². The van der Waals surface area contributed by atoms with Crippen LogP contribution in [0, 0.1) is 5.92 Å². The summed E-state index contributed by atoms with van der Waals surface area (Å²) in [6.07, 6.45) is 3.56. The fraction of sp³-hybridized carbons (Fsp3) is 0.562. The van der Waals surface area contributed by atoms with Gasteiger partial charge in [-0.1, -0.05) is 0 Å². The predicted molar refractivity (Wildman–Crippen MR) is 95.0 cm³/mol. The molecule has 0 bridgehead atoms. The molecule has 0 amide bonds. The summed E-state index contributed by atoms with van der Waals surface area (Å²) in [5, 5.41) is 4.33. The smallest absolute Gasteiger partial charge is 0.180 e. The zero-order chi connectivity index (χ0) is 14.9. The topological polar surface area (TPSA) is 45.4 Å². The fourth-order valence-electron chi connectivity index (χ4n) is 3.58. The summed E-state index contributed by atoms with van der Waals surface area (Å²) in [4.78, 5) is 11.0. The van der Waals surface area contributed by atoms with Gasteiger partial charge in [0, 0.05) is 37.6 Å². The monoisotopic (exact) mass is 334 g/mol. The lowest BCUT2D eigenvalue weighted by molar-refractivity contribution is 0.209. The van der Waals surface area contributed by atoms with Gasteiger partial charge in [0.1, 0.15) is 0 Å². The number of hydrogen-bond donors (Lipinski definition) is 1. The second kappa shape index (κ2) is 6.18. The second-order valence-electron chi connectivity index (χ2n) is 6.27. The van der Waals surface area contributed by atoms with E-state index in [2.05, 4.69) is 32.3 Å².